The number of amides is 6. The van der Waals surface area contributed by atoms with E-state index in [0.717, 1.165) is 5.56 Å². The second-order valence-electron chi connectivity index (χ2n) is 15.3. The number of hydrogen-bond donors (Lipinski definition) is 5. The Morgan fingerprint density at radius 1 is 1.04 bits per heavy atom. The summed E-state index contributed by atoms with van der Waals surface area (Å²) < 4.78 is 12.0. The molecule has 2 aliphatic rings. The largest absolute Gasteiger partial charge is 0.493 e. The van der Waals surface area contributed by atoms with Gasteiger partial charge in [0.25, 0.3) is 5.91 Å². The standard InChI is InChI=1S/C40H56N6O9S/c1-40(2,3)35-39(53)46-24-28(55-18-11-17-54-27-15-10-12-25(20-27)21-31(47)44-35)22-30(46)36(50)42-29(16-19-56-6)34(49)37(51)41-23-32(48)43-33(38(52)45(4)5)26-13-8-7-9-14-26/h7-10,12-15,20,28-30,33-35,49H,11,16-19,21-24H2,1-6H3,(H,41,51)(H,42,50)(H,43,48)(H,44,47)/t28-,29?,30+,33+,34?,35?/m1/s1. The lowest BCUT2D eigenvalue weighted by atomic mass is 9.85. The lowest BCUT2D eigenvalue weighted by molar-refractivity contribution is -0.144. The van der Waals surface area contributed by atoms with Crippen molar-refractivity contribution in [3.05, 3.63) is 65.7 Å². The van der Waals surface area contributed by atoms with Crippen LogP contribution in [0.15, 0.2) is 54.6 Å². The fourth-order valence-corrected chi connectivity index (χ4v) is 7.05. The van der Waals surface area contributed by atoms with Crippen LogP contribution in [0.25, 0.3) is 0 Å². The van der Waals surface area contributed by atoms with Gasteiger partial charge in [-0.2, -0.15) is 11.8 Å². The second kappa shape index (κ2) is 20.5. The van der Waals surface area contributed by atoms with Crippen LogP contribution in [0.5, 0.6) is 5.75 Å². The monoisotopic (exact) mass is 796 g/mol. The molecule has 2 aromatic rings. The molecule has 6 amide bonds. The van der Waals surface area contributed by atoms with Crippen LogP contribution >= 0.6 is 11.8 Å². The van der Waals surface area contributed by atoms with Crippen molar-refractivity contribution < 1.29 is 43.3 Å². The molecule has 0 spiro atoms. The summed E-state index contributed by atoms with van der Waals surface area (Å²) in [5, 5.41) is 22.0. The van der Waals surface area contributed by atoms with E-state index in [2.05, 4.69) is 21.3 Å². The third-order valence-electron chi connectivity index (χ3n) is 9.60. The molecule has 5 N–H and O–H groups in total. The van der Waals surface area contributed by atoms with Gasteiger partial charge in [-0.15, -0.1) is 0 Å². The van der Waals surface area contributed by atoms with Crippen LogP contribution in [-0.2, 0) is 39.9 Å². The van der Waals surface area contributed by atoms with Crippen LogP contribution in [0.3, 0.4) is 0 Å². The summed E-state index contributed by atoms with van der Waals surface area (Å²) in [4.78, 5) is 83.6. The zero-order chi connectivity index (χ0) is 41.0. The van der Waals surface area contributed by atoms with E-state index in [-0.39, 0.29) is 37.6 Å². The molecule has 0 aliphatic carbocycles. The molecule has 0 aromatic heterocycles. The van der Waals surface area contributed by atoms with Crippen molar-refractivity contribution in [1.29, 1.82) is 0 Å². The SMILES string of the molecule is CSCCC(NC(=O)[C@@H]1C[C@@H]2CN1C(=O)C(C(C)(C)C)NC(=O)Cc1cccc(c1)OCCCO2)C(O)C(=O)NCC(=O)N[C@H](C(=O)N(C)C)c1ccccc1. The normalized spacial score (nSPS) is 20.8. The number of likely N-dealkylation sites (N-methyl/N-ethyl adjacent to an activating group) is 1. The Kier molecular flexibility index (Phi) is 16.1. The van der Waals surface area contributed by atoms with Crippen molar-refractivity contribution in [1.82, 2.24) is 31.1 Å². The lowest BCUT2D eigenvalue weighted by Gasteiger charge is -2.36. The van der Waals surface area contributed by atoms with Crippen molar-refractivity contribution in [2.45, 2.75) is 82.8 Å². The van der Waals surface area contributed by atoms with Crippen LogP contribution in [0.4, 0.5) is 0 Å². The Morgan fingerprint density at radius 2 is 1.77 bits per heavy atom. The predicted molar refractivity (Wildman–Crippen MR) is 211 cm³/mol. The summed E-state index contributed by atoms with van der Waals surface area (Å²) in [6.45, 7) is 5.72. The number of nitrogens with zero attached hydrogens (tertiary/aromatic N) is 2. The summed E-state index contributed by atoms with van der Waals surface area (Å²) >= 11 is 1.45. The number of fused-ring (bicyclic) bond motifs is 4. The van der Waals surface area contributed by atoms with Gasteiger partial charge in [0, 0.05) is 33.5 Å². The quantitative estimate of drug-likeness (QED) is 0.208. The van der Waals surface area contributed by atoms with Gasteiger partial charge in [-0.1, -0.05) is 63.2 Å². The molecular weight excluding hydrogens is 741 g/mol. The molecule has 2 heterocycles. The molecular formula is C40H56N6O9S. The molecule has 15 nitrogen and oxygen atoms in total. The maximum Gasteiger partial charge on any atom is 0.251 e. The predicted octanol–water partition coefficient (Wildman–Crippen LogP) is 1.19. The molecule has 4 rings (SSSR count). The molecule has 0 radical (unpaired) electrons. The number of aliphatic hydroxyl groups excluding tert-OH is 1. The van der Waals surface area contributed by atoms with Gasteiger partial charge < -0.3 is 45.6 Å². The van der Waals surface area contributed by atoms with E-state index in [1.54, 1.807) is 56.6 Å². The van der Waals surface area contributed by atoms with Crippen LogP contribution in [-0.4, -0.2) is 133 Å². The van der Waals surface area contributed by atoms with Gasteiger partial charge in [0.05, 0.1) is 38.3 Å². The van der Waals surface area contributed by atoms with E-state index in [9.17, 15) is 33.9 Å². The highest BCUT2D eigenvalue weighted by Crippen LogP contribution is 2.28. The number of hydrogen-bond acceptors (Lipinski definition) is 10. The van der Waals surface area contributed by atoms with Crippen LogP contribution < -0.4 is 26.0 Å². The highest BCUT2D eigenvalue weighted by Gasteiger charge is 2.46. The fraction of sp³-hybridized carbons (Fsp3) is 0.550. The number of carbonyl (C=O) groups excluding carboxylic acids is 6. The Balaban J connectivity index is 1.48. The average molecular weight is 797 g/mol. The molecule has 0 saturated carbocycles. The average Bonchev–Trinajstić information content (AvgIpc) is 3.59. The number of carbonyl (C=O) groups is 6. The first-order chi connectivity index (χ1) is 26.6. The number of thioether (sulfide) groups is 1. The third kappa shape index (κ3) is 12.4. The van der Waals surface area contributed by atoms with E-state index in [0.29, 0.717) is 36.7 Å². The Labute approximate surface area is 333 Å². The van der Waals surface area contributed by atoms with E-state index in [1.165, 1.54) is 21.6 Å². The molecule has 4 bridgehead atoms. The zero-order valence-corrected chi connectivity index (χ0v) is 33.9. The van der Waals surface area contributed by atoms with Gasteiger partial charge in [-0.05, 0) is 47.1 Å². The molecule has 3 unspecified atom stereocenters. The summed E-state index contributed by atoms with van der Waals surface area (Å²) in [5.74, 6) is -2.24. The molecule has 306 valence electrons. The number of rotatable bonds is 12. The van der Waals surface area contributed by atoms with Gasteiger partial charge in [-0.25, -0.2) is 0 Å². The minimum Gasteiger partial charge on any atom is -0.493 e. The highest BCUT2D eigenvalue weighted by atomic mass is 32.2. The summed E-state index contributed by atoms with van der Waals surface area (Å²) in [5.41, 5.74) is 0.547. The minimum absolute atomic E-state index is 0.0211. The van der Waals surface area contributed by atoms with Crippen LogP contribution in [0, 0.1) is 5.41 Å². The van der Waals surface area contributed by atoms with Crippen LogP contribution in [0.1, 0.15) is 57.2 Å². The second-order valence-corrected chi connectivity index (χ2v) is 16.3. The Bertz CT molecular complexity index is 1690. The number of aliphatic hydroxyl groups is 1. The molecule has 56 heavy (non-hydrogen) atoms. The zero-order valence-electron chi connectivity index (χ0n) is 33.0. The van der Waals surface area contributed by atoms with E-state index in [1.807, 2.05) is 39.2 Å². The minimum atomic E-state index is -1.75. The molecule has 6 atom stereocenters. The molecule has 1 fully saturated rings. The Morgan fingerprint density at radius 3 is 2.45 bits per heavy atom. The maximum absolute atomic E-state index is 14.4. The van der Waals surface area contributed by atoms with E-state index >= 15 is 0 Å². The Hall–Kier alpha value is -4.67. The topological polar surface area (TPSA) is 196 Å². The lowest BCUT2D eigenvalue weighted by Crippen LogP contribution is -2.59. The molecule has 2 aliphatic heterocycles. The first-order valence-electron chi connectivity index (χ1n) is 18.8. The van der Waals surface area contributed by atoms with E-state index in [4.69, 9.17) is 9.47 Å². The fourth-order valence-electron chi connectivity index (χ4n) is 6.56. The van der Waals surface area contributed by atoms with Gasteiger partial charge in [0.2, 0.25) is 29.5 Å². The third-order valence-corrected chi connectivity index (χ3v) is 10.2. The maximum atomic E-state index is 14.4. The smallest absolute Gasteiger partial charge is 0.251 e. The van der Waals surface area contributed by atoms with Gasteiger partial charge >= 0.3 is 0 Å². The molecule has 16 heteroatoms. The van der Waals surface area contributed by atoms with E-state index < -0.39 is 72.0 Å². The van der Waals surface area contributed by atoms with Crippen molar-refractivity contribution in [3.8, 4) is 5.75 Å². The summed E-state index contributed by atoms with van der Waals surface area (Å²) in [6, 6.07) is 11.8. The van der Waals surface area contributed by atoms with Gasteiger partial charge in [0.1, 0.15) is 23.9 Å². The van der Waals surface area contributed by atoms with Crippen molar-refractivity contribution in [2.75, 3.05) is 52.4 Å². The first kappa shape index (κ1) is 44.0. The first-order valence-corrected chi connectivity index (χ1v) is 20.2. The van der Waals surface area contributed by atoms with Gasteiger partial charge in [-0.3, -0.25) is 28.8 Å². The van der Waals surface area contributed by atoms with Crippen LogP contribution in [0.2, 0.25) is 0 Å². The molecule has 2 aromatic carbocycles. The number of ether oxygens (including phenoxy) is 2. The van der Waals surface area contributed by atoms with Crippen molar-refractivity contribution >= 4 is 47.2 Å². The summed E-state index contributed by atoms with van der Waals surface area (Å²) in [6.07, 6.45) is 0.505. The van der Waals surface area contributed by atoms with Gasteiger partial charge in [0.15, 0.2) is 6.10 Å². The number of benzene rings is 2. The highest BCUT2D eigenvalue weighted by molar-refractivity contribution is 7.98. The molecule has 1 saturated heterocycles. The van der Waals surface area contributed by atoms with Crippen molar-refractivity contribution in [2.24, 2.45) is 5.41 Å². The number of nitrogens with one attached hydrogen (secondary N) is 4. The van der Waals surface area contributed by atoms with Crippen molar-refractivity contribution in [3.63, 3.8) is 0 Å². The summed E-state index contributed by atoms with van der Waals surface area (Å²) in [7, 11) is 3.13.